The fraction of sp³-hybridized carbons (Fsp3) is 0.857. The molecule has 32 heavy (non-hydrogen) atoms. The predicted molar refractivity (Wildman–Crippen MR) is 117 cm³/mol. The molecule has 11 heteroatoms. The van der Waals surface area contributed by atoms with Gasteiger partial charge in [-0.15, -0.1) is 0 Å². The van der Waals surface area contributed by atoms with Gasteiger partial charge in [-0.1, -0.05) is 40.0 Å². The molecular weight excluding hydrogens is 443 g/mol. The van der Waals surface area contributed by atoms with Crippen molar-refractivity contribution in [3.8, 4) is 0 Å². The van der Waals surface area contributed by atoms with Crippen molar-refractivity contribution < 1.29 is 46.7 Å². The predicted octanol–water partition coefficient (Wildman–Crippen LogP) is 4.34. The lowest BCUT2D eigenvalue weighted by Gasteiger charge is -2.25. The quantitative estimate of drug-likeness (QED) is 0.121. The van der Waals surface area contributed by atoms with Crippen LogP contribution in [0.4, 0.5) is 0 Å². The van der Waals surface area contributed by atoms with Gasteiger partial charge in [-0.3, -0.25) is 13.6 Å². The second kappa shape index (κ2) is 17.1. The third-order valence-electron chi connectivity index (χ3n) is 4.08. The fourth-order valence-corrected chi connectivity index (χ4v) is 3.66. The van der Waals surface area contributed by atoms with Crippen molar-refractivity contribution in [2.45, 2.75) is 98.4 Å². The average Bonchev–Trinajstić information content (AvgIpc) is 2.73. The van der Waals surface area contributed by atoms with E-state index in [1.165, 1.54) is 20.8 Å². The van der Waals surface area contributed by atoms with Crippen LogP contribution in [0, 0.1) is 0 Å². The van der Waals surface area contributed by atoms with E-state index in [9.17, 15) is 18.9 Å². The van der Waals surface area contributed by atoms with Crippen molar-refractivity contribution in [1.29, 1.82) is 0 Å². The highest BCUT2D eigenvalue weighted by Gasteiger charge is 2.40. The van der Waals surface area contributed by atoms with E-state index in [0.29, 0.717) is 19.3 Å². The van der Waals surface area contributed by atoms with Gasteiger partial charge in [0.1, 0.15) is 0 Å². The van der Waals surface area contributed by atoms with Crippen molar-refractivity contribution in [2.75, 3.05) is 19.8 Å². The number of ether oxygens (including phenoxy) is 3. The molecule has 0 spiro atoms. The molecule has 10 nitrogen and oxygen atoms in total. The highest BCUT2D eigenvalue weighted by atomic mass is 31.2. The molecule has 0 rings (SSSR count). The zero-order valence-corrected chi connectivity index (χ0v) is 21.0. The SMILES string of the molecule is CCCCOC(=O)[C@H](C)OP(=O)(O[C@@H](C)C(=O)OCCCC)O[C@@H](C)C(=O)OCCCC. The lowest BCUT2D eigenvalue weighted by molar-refractivity contribution is -0.157. The normalized spacial score (nSPS) is 14.3. The number of hydrogen-bond acceptors (Lipinski definition) is 10. The van der Waals surface area contributed by atoms with Crippen LogP contribution < -0.4 is 0 Å². The number of unbranched alkanes of at least 4 members (excludes halogenated alkanes) is 3. The van der Waals surface area contributed by atoms with E-state index in [0.717, 1.165) is 19.3 Å². The Morgan fingerprint density at radius 2 is 0.844 bits per heavy atom. The van der Waals surface area contributed by atoms with Crippen LogP contribution in [0.3, 0.4) is 0 Å². The Balaban J connectivity index is 5.25. The van der Waals surface area contributed by atoms with Crippen molar-refractivity contribution in [3.05, 3.63) is 0 Å². The van der Waals surface area contributed by atoms with Gasteiger partial charge in [0, 0.05) is 0 Å². The van der Waals surface area contributed by atoms with Crippen LogP contribution in [-0.2, 0) is 46.7 Å². The number of carbonyl (C=O) groups is 3. The molecule has 3 atom stereocenters. The number of esters is 3. The number of phosphoric ester groups is 1. The molecule has 0 aliphatic carbocycles. The van der Waals surface area contributed by atoms with Gasteiger partial charge in [0.25, 0.3) is 0 Å². The summed E-state index contributed by atoms with van der Waals surface area (Å²) in [6, 6.07) is 0. The van der Waals surface area contributed by atoms with Crippen LogP contribution in [0.2, 0.25) is 0 Å². The largest absolute Gasteiger partial charge is 0.477 e. The minimum atomic E-state index is -4.57. The first-order valence-corrected chi connectivity index (χ1v) is 12.7. The number of carbonyl (C=O) groups excluding carboxylic acids is 3. The van der Waals surface area contributed by atoms with E-state index in [-0.39, 0.29) is 19.8 Å². The number of hydrogen-bond donors (Lipinski definition) is 0. The summed E-state index contributed by atoms with van der Waals surface area (Å²) in [6.45, 7) is 10.3. The molecular formula is C21H39O10P. The van der Waals surface area contributed by atoms with Gasteiger partial charge < -0.3 is 14.2 Å². The van der Waals surface area contributed by atoms with Gasteiger partial charge >= 0.3 is 25.7 Å². The molecule has 188 valence electrons. The maximum absolute atomic E-state index is 13.3. The minimum Gasteiger partial charge on any atom is -0.464 e. The van der Waals surface area contributed by atoms with Crippen molar-refractivity contribution in [1.82, 2.24) is 0 Å². The zero-order valence-electron chi connectivity index (χ0n) is 20.1. The molecule has 0 bridgehead atoms. The van der Waals surface area contributed by atoms with Gasteiger partial charge in [0.2, 0.25) is 0 Å². The lowest BCUT2D eigenvalue weighted by atomic mass is 10.3. The maximum atomic E-state index is 13.3. The zero-order chi connectivity index (χ0) is 24.6. The summed E-state index contributed by atoms with van der Waals surface area (Å²) in [4.78, 5) is 36.4. The smallest absolute Gasteiger partial charge is 0.464 e. The van der Waals surface area contributed by atoms with Gasteiger partial charge in [-0.2, -0.15) is 0 Å². The summed E-state index contributed by atoms with van der Waals surface area (Å²) in [5.41, 5.74) is 0. The Hall–Kier alpha value is -1.48. The molecule has 0 unspecified atom stereocenters. The first-order valence-electron chi connectivity index (χ1n) is 11.2. The topological polar surface area (TPSA) is 124 Å². The first-order chi connectivity index (χ1) is 15.1. The fourth-order valence-electron chi connectivity index (χ4n) is 2.09. The molecule has 0 aromatic carbocycles. The first kappa shape index (κ1) is 30.5. The molecule has 0 aromatic heterocycles. The van der Waals surface area contributed by atoms with Crippen molar-refractivity contribution in [2.24, 2.45) is 0 Å². The summed E-state index contributed by atoms with van der Waals surface area (Å²) >= 11 is 0. The summed E-state index contributed by atoms with van der Waals surface area (Å²) in [5, 5.41) is 0. The average molecular weight is 483 g/mol. The van der Waals surface area contributed by atoms with Gasteiger partial charge in [-0.25, -0.2) is 18.9 Å². The molecule has 0 radical (unpaired) electrons. The Morgan fingerprint density at radius 3 is 1.06 bits per heavy atom. The van der Waals surface area contributed by atoms with E-state index >= 15 is 0 Å². The second-order valence-corrected chi connectivity index (χ2v) is 8.78. The van der Waals surface area contributed by atoms with E-state index in [2.05, 4.69) is 0 Å². The maximum Gasteiger partial charge on any atom is 0.477 e. The van der Waals surface area contributed by atoms with Crippen LogP contribution >= 0.6 is 7.82 Å². The third-order valence-corrected chi connectivity index (χ3v) is 5.81. The summed E-state index contributed by atoms with van der Waals surface area (Å²) in [7, 11) is -4.57. The lowest BCUT2D eigenvalue weighted by Crippen LogP contribution is -2.30. The highest BCUT2D eigenvalue weighted by molar-refractivity contribution is 7.48. The van der Waals surface area contributed by atoms with Crippen LogP contribution in [-0.4, -0.2) is 56.0 Å². The molecule has 0 N–H and O–H groups in total. The van der Waals surface area contributed by atoms with E-state index in [1.807, 2.05) is 20.8 Å². The molecule has 0 aromatic rings. The Labute approximate surface area is 191 Å². The highest BCUT2D eigenvalue weighted by Crippen LogP contribution is 2.53. The summed E-state index contributed by atoms with van der Waals surface area (Å²) in [5.74, 6) is -2.33. The third kappa shape index (κ3) is 13.2. The second-order valence-electron chi connectivity index (χ2n) is 7.25. The monoisotopic (exact) mass is 482 g/mol. The van der Waals surface area contributed by atoms with Crippen LogP contribution in [0.1, 0.15) is 80.1 Å². The van der Waals surface area contributed by atoms with Gasteiger partial charge in [-0.05, 0) is 40.0 Å². The van der Waals surface area contributed by atoms with E-state index in [1.54, 1.807) is 0 Å². The van der Waals surface area contributed by atoms with E-state index < -0.39 is 44.0 Å². The summed E-state index contributed by atoms with van der Waals surface area (Å²) in [6.07, 6.45) is 0.449. The standard InChI is InChI=1S/C21H39O10P/c1-7-10-13-26-19(22)16(4)29-32(25,30-17(5)20(23)27-14-11-8-2)31-18(6)21(24)28-15-12-9-3/h16-18H,7-15H2,1-6H3/t16-,17-,18-/m0/s1. The Bertz CT molecular complexity index is 529. The molecule has 0 saturated carbocycles. The number of rotatable bonds is 18. The number of phosphoric acid groups is 1. The molecule has 0 heterocycles. The molecule has 0 saturated heterocycles. The Morgan fingerprint density at radius 1 is 0.594 bits per heavy atom. The van der Waals surface area contributed by atoms with E-state index in [4.69, 9.17) is 27.8 Å². The molecule has 0 fully saturated rings. The minimum absolute atomic E-state index is 0.176. The van der Waals surface area contributed by atoms with Crippen molar-refractivity contribution >= 4 is 25.7 Å². The van der Waals surface area contributed by atoms with Crippen LogP contribution in [0.25, 0.3) is 0 Å². The van der Waals surface area contributed by atoms with Crippen molar-refractivity contribution in [3.63, 3.8) is 0 Å². The molecule has 0 amide bonds. The molecule has 0 aliphatic heterocycles. The summed E-state index contributed by atoms with van der Waals surface area (Å²) < 4.78 is 44.1. The molecule has 0 aliphatic rings. The van der Waals surface area contributed by atoms with Gasteiger partial charge in [0.15, 0.2) is 18.3 Å². The van der Waals surface area contributed by atoms with Crippen LogP contribution in [0.15, 0.2) is 0 Å². The van der Waals surface area contributed by atoms with Gasteiger partial charge in [0.05, 0.1) is 19.8 Å². The van der Waals surface area contributed by atoms with Crippen LogP contribution in [0.5, 0.6) is 0 Å². The Kier molecular flexibility index (Phi) is 16.3.